The Morgan fingerprint density at radius 3 is 2.38 bits per heavy atom. The predicted molar refractivity (Wildman–Crippen MR) is 154 cm³/mol. The summed E-state index contributed by atoms with van der Waals surface area (Å²) in [6, 6.07) is 0. The van der Waals surface area contributed by atoms with Gasteiger partial charge >= 0.3 is 0 Å². The molecule has 4 aliphatic carbocycles. The van der Waals surface area contributed by atoms with E-state index in [1.807, 2.05) is 6.92 Å². The zero-order chi connectivity index (χ0) is 30.2. The summed E-state index contributed by atoms with van der Waals surface area (Å²) in [5.74, 6) is 1.96. The third-order valence-corrected chi connectivity index (χ3v) is 13.7. The molecule has 0 spiro atoms. The van der Waals surface area contributed by atoms with Crippen molar-refractivity contribution in [2.45, 2.75) is 141 Å². The Morgan fingerprint density at radius 1 is 0.905 bits per heavy atom. The molecule has 2 heterocycles. The first-order valence-corrected chi connectivity index (χ1v) is 16.8. The van der Waals surface area contributed by atoms with Gasteiger partial charge in [0.05, 0.1) is 25.4 Å². The second kappa shape index (κ2) is 11.5. The highest BCUT2D eigenvalue weighted by Gasteiger charge is 2.68. The lowest BCUT2D eigenvalue weighted by molar-refractivity contribution is -0.303. The van der Waals surface area contributed by atoms with Gasteiger partial charge in [0.15, 0.2) is 12.1 Å². The minimum Gasteiger partial charge on any atom is -0.394 e. The van der Waals surface area contributed by atoms with Gasteiger partial charge in [-0.2, -0.15) is 0 Å². The molecule has 6 aliphatic rings. The first-order valence-electron chi connectivity index (χ1n) is 16.8. The van der Waals surface area contributed by atoms with Crippen molar-refractivity contribution in [1.82, 2.24) is 0 Å². The second-order valence-electron chi connectivity index (χ2n) is 15.9. The fourth-order valence-electron chi connectivity index (χ4n) is 11.2. The van der Waals surface area contributed by atoms with Gasteiger partial charge in [-0.3, -0.25) is 0 Å². The molecule has 0 aromatic carbocycles. The molecular formula is C33H56O9. The monoisotopic (exact) mass is 596 g/mol. The normalized spacial score (nSPS) is 56.3. The summed E-state index contributed by atoms with van der Waals surface area (Å²) in [6.07, 6.45) is 3.76. The quantitative estimate of drug-likeness (QED) is 0.261. The van der Waals surface area contributed by atoms with Crippen molar-refractivity contribution in [3.8, 4) is 0 Å². The third-order valence-electron chi connectivity index (χ3n) is 13.7. The van der Waals surface area contributed by atoms with Crippen LogP contribution in [-0.2, 0) is 14.2 Å². The van der Waals surface area contributed by atoms with Crippen molar-refractivity contribution in [3.63, 3.8) is 0 Å². The molecule has 2 saturated heterocycles. The van der Waals surface area contributed by atoms with Crippen LogP contribution in [0, 0.1) is 52.3 Å². The van der Waals surface area contributed by atoms with Crippen molar-refractivity contribution >= 4 is 0 Å². The molecule has 0 amide bonds. The van der Waals surface area contributed by atoms with E-state index in [-0.39, 0.29) is 36.1 Å². The summed E-state index contributed by atoms with van der Waals surface area (Å²) in [5.41, 5.74) is 0.521. The zero-order valence-electron chi connectivity index (χ0n) is 26.0. The molecule has 6 N–H and O–H groups in total. The van der Waals surface area contributed by atoms with Crippen LogP contribution in [0.25, 0.3) is 0 Å². The molecule has 4 saturated carbocycles. The van der Waals surface area contributed by atoms with Crippen LogP contribution < -0.4 is 0 Å². The minimum absolute atomic E-state index is 0.0290. The van der Waals surface area contributed by atoms with Gasteiger partial charge in [-0.15, -0.1) is 0 Å². The van der Waals surface area contributed by atoms with Gasteiger partial charge in [-0.1, -0.05) is 27.7 Å². The first kappa shape index (κ1) is 31.6. The van der Waals surface area contributed by atoms with E-state index in [2.05, 4.69) is 20.8 Å². The molecule has 1 unspecified atom stereocenters. The minimum atomic E-state index is -1.46. The number of hydrogen-bond donors (Lipinski definition) is 6. The van der Waals surface area contributed by atoms with Crippen LogP contribution in [0.15, 0.2) is 0 Å². The number of fused-ring (bicyclic) bond motifs is 7. The van der Waals surface area contributed by atoms with Crippen molar-refractivity contribution in [2.24, 2.45) is 52.3 Å². The van der Waals surface area contributed by atoms with Gasteiger partial charge in [-0.05, 0) is 104 Å². The molecule has 6 rings (SSSR count). The summed E-state index contributed by atoms with van der Waals surface area (Å²) in [5, 5.41) is 61.9. The largest absolute Gasteiger partial charge is 0.394 e. The summed E-state index contributed by atoms with van der Waals surface area (Å²) >= 11 is 0. The maximum atomic E-state index is 11.8. The average molecular weight is 597 g/mol. The Labute approximate surface area is 250 Å². The van der Waals surface area contributed by atoms with E-state index in [1.54, 1.807) is 0 Å². The maximum Gasteiger partial charge on any atom is 0.186 e. The van der Waals surface area contributed by atoms with E-state index in [4.69, 9.17) is 14.2 Å². The standard InChI is InChI=1S/C33H56O9/c1-17(16-40-30-29(38)28(37)27(36)25(15-34)41-30)7-12-33(39)18(2)26-24(42-33)14-23-21-6-5-19-13-20(35)8-10-31(19,3)22(21)9-11-32(23,26)4/h17-30,34-39H,5-16H2,1-4H3/t17-,18+,19+,20+,21-,22+,23+,24+,25-,26+,27-,28+,29-,30-,31+,32+,33?/m1/s1. The average Bonchev–Trinajstić information content (AvgIpc) is 3.39. The number of rotatable bonds is 7. The number of aliphatic hydroxyl groups excluding tert-OH is 5. The summed E-state index contributed by atoms with van der Waals surface area (Å²) in [7, 11) is 0. The van der Waals surface area contributed by atoms with Crippen LogP contribution >= 0.6 is 0 Å². The van der Waals surface area contributed by atoms with E-state index in [1.165, 1.54) is 25.7 Å². The molecule has 0 aromatic rings. The summed E-state index contributed by atoms with van der Waals surface area (Å²) < 4.78 is 17.8. The molecule has 9 heteroatoms. The van der Waals surface area contributed by atoms with Crippen LogP contribution in [0.3, 0.4) is 0 Å². The molecule has 0 bridgehead atoms. The van der Waals surface area contributed by atoms with Crippen molar-refractivity contribution in [2.75, 3.05) is 13.2 Å². The van der Waals surface area contributed by atoms with Gasteiger partial charge in [0.2, 0.25) is 0 Å². The van der Waals surface area contributed by atoms with Crippen LogP contribution in [-0.4, -0.2) is 92.6 Å². The highest BCUT2D eigenvalue weighted by molar-refractivity contribution is 5.15. The molecule has 242 valence electrons. The lowest BCUT2D eigenvalue weighted by Crippen LogP contribution is -2.59. The Morgan fingerprint density at radius 2 is 1.64 bits per heavy atom. The number of hydrogen-bond acceptors (Lipinski definition) is 9. The summed E-state index contributed by atoms with van der Waals surface area (Å²) in [4.78, 5) is 0. The van der Waals surface area contributed by atoms with Gasteiger partial charge in [0.1, 0.15) is 24.4 Å². The van der Waals surface area contributed by atoms with E-state index in [0.717, 1.165) is 31.6 Å². The van der Waals surface area contributed by atoms with Crippen LogP contribution in [0.4, 0.5) is 0 Å². The molecule has 6 fully saturated rings. The SMILES string of the molecule is C[C@H](CCC1(O)O[C@H]2C[C@H]3[C@@H]4CC[C@H]5C[C@@H](O)CC[C@]5(C)[C@H]4CC[C@]3(C)[C@H]2[C@@H]1C)CO[C@@H]1O[C@H](CO)[C@@H](O)[C@H](O)[C@H]1O. The summed E-state index contributed by atoms with van der Waals surface area (Å²) in [6.45, 7) is 8.95. The Kier molecular flexibility index (Phi) is 8.63. The van der Waals surface area contributed by atoms with Gasteiger partial charge < -0.3 is 44.8 Å². The van der Waals surface area contributed by atoms with Crippen molar-refractivity contribution in [1.29, 1.82) is 0 Å². The third kappa shape index (κ3) is 5.01. The molecule has 0 aromatic heterocycles. The zero-order valence-corrected chi connectivity index (χ0v) is 26.0. The Bertz CT molecular complexity index is 964. The van der Waals surface area contributed by atoms with E-state index >= 15 is 0 Å². The number of aliphatic hydroxyl groups is 6. The highest BCUT2D eigenvalue weighted by Crippen LogP contribution is 2.70. The van der Waals surface area contributed by atoms with E-state index in [9.17, 15) is 30.6 Å². The fraction of sp³-hybridized carbons (Fsp3) is 1.00. The van der Waals surface area contributed by atoms with Gasteiger partial charge in [0, 0.05) is 12.3 Å². The molecule has 2 aliphatic heterocycles. The number of ether oxygens (including phenoxy) is 3. The first-order chi connectivity index (χ1) is 19.8. The highest BCUT2D eigenvalue weighted by atomic mass is 16.7. The topological polar surface area (TPSA) is 149 Å². The molecule has 9 nitrogen and oxygen atoms in total. The molecule has 42 heavy (non-hydrogen) atoms. The molecule has 17 atom stereocenters. The Hall–Kier alpha value is -0.360. The van der Waals surface area contributed by atoms with Crippen molar-refractivity contribution in [3.05, 3.63) is 0 Å². The van der Waals surface area contributed by atoms with Crippen LogP contribution in [0.5, 0.6) is 0 Å². The van der Waals surface area contributed by atoms with Gasteiger partial charge in [0.25, 0.3) is 0 Å². The van der Waals surface area contributed by atoms with Crippen molar-refractivity contribution < 1.29 is 44.8 Å². The Balaban J connectivity index is 1.05. The predicted octanol–water partition coefficient (Wildman–Crippen LogP) is 2.57. The lowest BCUT2D eigenvalue weighted by Gasteiger charge is -2.61. The van der Waals surface area contributed by atoms with Gasteiger partial charge in [-0.25, -0.2) is 0 Å². The smallest absolute Gasteiger partial charge is 0.186 e. The van der Waals surface area contributed by atoms with Crippen LogP contribution in [0.1, 0.15) is 91.9 Å². The molecule has 0 radical (unpaired) electrons. The maximum absolute atomic E-state index is 11.8. The molecular weight excluding hydrogens is 540 g/mol. The second-order valence-corrected chi connectivity index (χ2v) is 15.9. The lowest BCUT2D eigenvalue weighted by atomic mass is 9.44. The fourth-order valence-corrected chi connectivity index (χ4v) is 11.2. The van der Waals surface area contributed by atoms with E-state index in [0.29, 0.717) is 41.9 Å². The van der Waals surface area contributed by atoms with E-state index < -0.39 is 43.1 Å². The van der Waals surface area contributed by atoms with Crippen LogP contribution in [0.2, 0.25) is 0 Å².